The van der Waals surface area contributed by atoms with E-state index in [2.05, 4.69) is 4.72 Å². The van der Waals surface area contributed by atoms with Crippen LogP contribution in [-0.4, -0.2) is 28.2 Å². The van der Waals surface area contributed by atoms with Gasteiger partial charge in [0.1, 0.15) is 0 Å². The molecule has 0 heterocycles. The van der Waals surface area contributed by atoms with Gasteiger partial charge in [-0.25, -0.2) is 13.1 Å². The van der Waals surface area contributed by atoms with Gasteiger partial charge < -0.3 is 9.05 Å². The van der Waals surface area contributed by atoms with Gasteiger partial charge in [-0.3, -0.25) is 0 Å². The van der Waals surface area contributed by atoms with Crippen molar-refractivity contribution in [3.8, 4) is 0 Å². The molecule has 1 unspecified atom stereocenters. The summed E-state index contributed by atoms with van der Waals surface area (Å²) in [6.45, 7) is 2.39. The molecule has 0 saturated carbocycles. The molecule has 0 aliphatic heterocycles. The molecule has 26 heavy (non-hydrogen) atoms. The summed E-state index contributed by atoms with van der Waals surface area (Å²) in [5.41, 5.74) is 2.06. The number of nitrogens with one attached hydrogen (secondary N) is 1. The highest BCUT2D eigenvalue weighted by atomic mass is 32.5. The number of sulfonamides is 1. The predicted octanol–water partition coefficient (Wildman–Crippen LogP) is 3.84. The average molecular weight is 414 g/mol. The Bertz CT molecular complexity index is 839. The standard InChI is InChI=1S/C18H24NO4PS2/c1-16-9-11-18(12-10-16)26(20,21)19-13-6-14-22-24(2,25)23-15-17-7-4-3-5-8-17/h3-5,7-12,19H,6,13-15H2,1-2H3. The predicted molar refractivity (Wildman–Crippen MR) is 108 cm³/mol. The molecule has 0 aliphatic carbocycles. The van der Waals surface area contributed by atoms with Gasteiger partial charge in [0, 0.05) is 13.2 Å². The zero-order valence-electron chi connectivity index (χ0n) is 14.9. The van der Waals surface area contributed by atoms with Gasteiger partial charge in [0.2, 0.25) is 10.0 Å². The van der Waals surface area contributed by atoms with Crippen molar-refractivity contribution in [1.29, 1.82) is 0 Å². The van der Waals surface area contributed by atoms with Gasteiger partial charge in [-0.2, -0.15) is 0 Å². The van der Waals surface area contributed by atoms with Gasteiger partial charge in [-0.1, -0.05) is 48.0 Å². The maximum atomic E-state index is 12.2. The van der Waals surface area contributed by atoms with Crippen LogP contribution in [0.3, 0.4) is 0 Å². The summed E-state index contributed by atoms with van der Waals surface area (Å²) in [6.07, 6.45) is 0.520. The lowest BCUT2D eigenvalue weighted by Gasteiger charge is -2.18. The molecule has 0 aliphatic rings. The summed E-state index contributed by atoms with van der Waals surface area (Å²) in [7, 11) is -3.49. The van der Waals surface area contributed by atoms with E-state index in [4.69, 9.17) is 20.9 Å². The third-order valence-electron chi connectivity index (χ3n) is 3.58. The van der Waals surface area contributed by atoms with Crippen LogP contribution in [0.2, 0.25) is 0 Å². The van der Waals surface area contributed by atoms with Gasteiger partial charge >= 0.3 is 0 Å². The van der Waals surface area contributed by atoms with Crippen LogP contribution in [0.1, 0.15) is 17.5 Å². The van der Waals surface area contributed by atoms with Crippen LogP contribution < -0.4 is 4.72 Å². The van der Waals surface area contributed by atoms with E-state index < -0.39 is 16.5 Å². The highest BCUT2D eigenvalue weighted by Gasteiger charge is 2.14. The summed E-state index contributed by atoms with van der Waals surface area (Å²) in [5, 5.41) is 0. The van der Waals surface area contributed by atoms with E-state index in [1.54, 1.807) is 30.9 Å². The van der Waals surface area contributed by atoms with Crippen molar-refractivity contribution in [3.05, 3.63) is 65.7 Å². The molecule has 1 N–H and O–H groups in total. The molecular weight excluding hydrogens is 389 g/mol. The van der Waals surface area contributed by atoms with E-state index >= 15 is 0 Å². The lowest BCUT2D eigenvalue weighted by atomic mass is 10.2. The van der Waals surface area contributed by atoms with Crippen LogP contribution in [0, 0.1) is 6.92 Å². The fourth-order valence-electron chi connectivity index (χ4n) is 2.11. The summed E-state index contributed by atoms with van der Waals surface area (Å²) >= 11 is 5.38. The summed E-state index contributed by atoms with van der Waals surface area (Å²) in [5.74, 6) is 0. The molecule has 2 aromatic rings. The third kappa shape index (κ3) is 7.27. The van der Waals surface area contributed by atoms with Crippen molar-refractivity contribution in [1.82, 2.24) is 4.72 Å². The first-order chi connectivity index (χ1) is 12.3. The van der Waals surface area contributed by atoms with Crippen LogP contribution in [-0.2, 0) is 37.5 Å². The first kappa shape index (κ1) is 21.2. The van der Waals surface area contributed by atoms with Gasteiger partial charge in [-0.15, -0.1) is 0 Å². The Morgan fingerprint density at radius 2 is 1.69 bits per heavy atom. The minimum Gasteiger partial charge on any atom is -0.329 e. The summed E-state index contributed by atoms with van der Waals surface area (Å²) in [4.78, 5) is 0.260. The molecule has 0 aromatic heterocycles. The average Bonchev–Trinajstić information content (AvgIpc) is 2.61. The van der Waals surface area contributed by atoms with Crippen molar-refractivity contribution in [2.45, 2.75) is 24.8 Å². The Morgan fingerprint density at radius 3 is 2.35 bits per heavy atom. The van der Waals surface area contributed by atoms with Crippen LogP contribution in [0.4, 0.5) is 0 Å². The quantitative estimate of drug-likeness (QED) is 0.474. The second-order valence-corrected chi connectivity index (χ2v) is 11.7. The van der Waals surface area contributed by atoms with E-state index in [0.29, 0.717) is 19.6 Å². The van der Waals surface area contributed by atoms with Gasteiger partial charge in [0.05, 0.1) is 18.1 Å². The molecule has 1 atom stereocenters. The number of hydrogen-bond acceptors (Lipinski definition) is 5. The molecule has 2 aromatic carbocycles. The topological polar surface area (TPSA) is 64.6 Å². The maximum Gasteiger partial charge on any atom is 0.240 e. The van der Waals surface area contributed by atoms with Crippen LogP contribution in [0.25, 0.3) is 0 Å². The highest BCUT2D eigenvalue weighted by Crippen LogP contribution is 2.45. The Balaban J connectivity index is 1.70. The zero-order chi connectivity index (χ0) is 19.0. The van der Waals surface area contributed by atoms with Gasteiger partial charge in [0.25, 0.3) is 0 Å². The van der Waals surface area contributed by atoms with Crippen molar-refractivity contribution in [2.75, 3.05) is 19.8 Å². The van der Waals surface area contributed by atoms with E-state index in [-0.39, 0.29) is 11.4 Å². The Morgan fingerprint density at radius 1 is 1.04 bits per heavy atom. The van der Waals surface area contributed by atoms with Crippen LogP contribution in [0.5, 0.6) is 0 Å². The van der Waals surface area contributed by atoms with Crippen molar-refractivity contribution >= 4 is 28.3 Å². The van der Waals surface area contributed by atoms with E-state index in [1.807, 2.05) is 37.3 Å². The second kappa shape index (κ2) is 9.74. The number of aryl methyl sites for hydroxylation is 1. The largest absolute Gasteiger partial charge is 0.329 e. The molecule has 0 amide bonds. The first-order valence-electron chi connectivity index (χ1n) is 8.25. The fourth-order valence-corrected chi connectivity index (χ4v) is 4.49. The Kier molecular flexibility index (Phi) is 7.95. The van der Waals surface area contributed by atoms with Crippen molar-refractivity contribution in [2.24, 2.45) is 0 Å². The minimum absolute atomic E-state index is 0.260. The lowest BCUT2D eigenvalue weighted by molar-refractivity contribution is 0.242. The summed E-state index contributed by atoms with van der Waals surface area (Å²) < 4.78 is 38.3. The Hall–Kier alpha value is -1.08. The van der Waals surface area contributed by atoms with Crippen molar-refractivity contribution < 1.29 is 17.5 Å². The number of benzene rings is 2. The zero-order valence-corrected chi connectivity index (χ0v) is 17.4. The first-order valence-corrected chi connectivity index (χ1v) is 12.8. The summed E-state index contributed by atoms with van der Waals surface area (Å²) in [6, 6.07) is 16.5. The highest BCUT2D eigenvalue weighted by molar-refractivity contribution is 8.09. The normalized spacial score (nSPS) is 14.1. The monoisotopic (exact) mass is 413 g/mol. The molecule has 0 fully saturated rings. The molecule has 5 nitrogen and oxygen atoms in total. The maximum absolute atomic E-state index is 12.2. The molecule has 142 valence electrons. The molecule has 2 rings (SSSR count). The van der Waals surface area contributed by atoms with E-state index in [1.165, 1.54) is 0 Å². The van der Waals surface area contributed by atoms with Crippen LogP contribution >= 0.6 is 6.49 Å². The molecule has 0 spiro atoms. The van der Waals surface area contributed by atoms with E-state index in [9.17, 15) is 8.42 Å². The van der Waals surface area contributed by atoms with E-state index in [0.717, 1.165) is 11.1 Å². The fraction of sp³-hybridized carbons (Fsp3) is 0.333. The SMILES string of the molecule is Cc1ccc(S(=O)(=O)NCCCOP(C)(=S)OCc2ccccc2)cc1. The van der Waals surface area contributed by atoms with Crippen molar-refractivity contribution in [3.63, 3.8) is 0 Å². The smallest absolute Gasteiger partial charge is 0.240 e. The molecule has 0 radical (unpaired) electrons. The lowest BCUT2D eigenvalue weighted by Crippen LogP contribution is -2.25. The molecular formula is C18H24NO4PS2. The molecule has 0 bridgehead atoms. The second-order valence-electron chi connectivity index (χ2n) is 5.93. The van der Waals surface area contributed by atoms with Crippen LogP contribution in [0.15, 0.2) is 59.5 Å². The molecule has 8 heteroatoms. The number of rotatable bonds is 10. The minimum atomic E-state index is -3.49. The van der Waals surface area contributed by atoms with Gasteiger partial charge in [-0.05, 0) is 42.8 Å². The molecule has 0 saturated heterocycles. The Labute approximate surface area is 161 Å². The third-order valence-corrected chi connectivity index (χ3v) is 6.94. The van der Waals surface area contributed by atoms with Gasteiger partial charge in [0.15, 0.2) is 6.49 Å². The number of hydrogen-bond donors (Lipinski definition) is 1.